The number of hydrogen-bond donors (Lipinski definition) is 2. The molecule has 14 nitrogen and oxygen atoms in total. The van der Waals surface area contributed by atoms with Crippen molar-refractivity contribution in [3.63, 3.8) is 0 Å². The van der Waals surface area contributed by atoms with E-state index >= 15 is 0 Å². The van der Waals surface area contributed by atoms with Crippen LogP contribution in [-0.2, 0) is 35.1 Å². The van der Waals surface area contributed by atoms with Gasteiger partial charge in [-0.1, -0.05) is 49.4 Å². The van der Waals surface area contributed by atoms with Gasteiger partial charge in [0, 0.05) is 24.4 Å². The predicted molar refractivity (Wildman–Crippen MR) is 149 cm³/mol. The number of aryl methyl sites for hydroxylation is 1. The van der Waals surface area contributed by atoms with Crippen LogP contribution in [0.2, 0.25) is 0 Å². The van der Waals surface area contributed by atoms with Crippen molar-refractivity contribution < 1.29 is 43.2 Å². The number of cyclic esters (lactones) is 2. The fourth-order valence-corrected chi connectivity index (χ4v) is 4.38. The van der Waals surface area contributed by atoms with E-state index in [4.69, 9.17) is 18.9 Å². The lowest BCUT2D eigenvalue weighted by molar-refractivity contribution is -0.177. The van der Waals surface area contributed by atoms with Crippen molar-refractivity contribution in [2.24, 2.45) is 11.8 Å². The highest BCUT2D eigenvalue weighted by atomic mass is 16.6. The molecule has 3 heterocycles. The highest BCUT2D eigenvalue weighted by Gasteiger charge is 2.42. The van der Waals surface area contributed by atoms with E-state index in [1.807, 2.05) is 30.3 Å². The van der Waals surface area contributed by atoms with Gasteiger partial charge in [0.15, 0.2) is 29.3 Å². The lowest BCUT2D eigenvalue weighted by atomic mass is 9.94. The van der Waals surface area contributed by atoms with Crippen LogP contribution in [0.3, 0.4) is 0 Å². The minimum absolute atomic E-state index is 0.00170. The van der Waals surface area contributed by atoms with Gasteiger partial charge in [0.2, 0.25) is 0 Å². The molecule has 14 heteroatoms. The third kappa shape index (κ3) is 7.45. The van der Waals surface area contributed by atoms with Crippen molar-refractivity contribution in [3.8, 4) is 22.8 Å². The third-order valence-electron chi connectivity index (χ3n) is 6.77. The Labute approximate surface area is 247 Å². The molecule has 0 saturated carbocycles. The summed E-state index contributed by atoms with van der Waals surface area (Å²) in [6.45, 7) is 4.38. The molecule has 1 aromatic carbocycles. The normalized spacial score (nSPS) is 20.7. The number of nitrogens with zero attached hydrogens (tertiary/aromatic N) is 4. The summed E-state index contributed by atoms with van der Waals surface area (Å²) >= 11 is 0. The first-order valence-corrected chi connectivity index (χ1v) is 13.6. The summed E-state index contributed by atoms with van der Waals surface area (Å²) in [4.78, 5) is 55.9. The molecule has 43 heavy (non-hydrogen) atoms. The number of pyridine rings is 1. The van der Waals surface area contributed by atoms with E-state index in [0.29, 0.717) is 5.69 Å². The first-order chi connectivity index (χ1) is 20.6. The summed E-state index contributed by atoms with van der Waals surface area (Å²) in [6.07, 6.45) is 0.786. The summed E-state index contributed by atoms with van der Waals surface area (Å²) in [5.41, 5.74) is 1.10. The van der Waals surface area contributed by atoms with E-state index in [1.165, 1.54) is 26.3 Å². The number of nitrogens with one attached hydrogen (secondary N) is 1. The number of hydrogen-bond acceptors (Lipinski definition) is 12. The van der Waals surface area contributed by atoms with Gasteiger partial charge in [-0.05, 0) is 13.3 Å². The number of ether oxygens (including phenoxy) is 4. The Balaban J connectivity index is 1.54. The molecule has 1 saturated heterocycles. The number of carbonyl (C=O) groups excluding carboxylic acids is 4. The van der Waals surface area contributed by atoms with Crippen LogP contribution < -0.4 is 10.1 Å². The molecule has 1 fully saturated rings. The van der Waals surface area contributed by atoms with Crippen molar-refractivity contribution in [2.45, 2.75) is 52.0 Å². The number of rotatable bonds is 9. The van der Waals surface area contributed by atoms with Gasteiger partial charge in [0.05, 0.1) is 25.1 Å². The molecule has 4 atom stereocenters. The van der Waals surface area contributed by atoms with Gasteiger partial charge in [-0.3, -0.25) is 19.1 Å². The first-order valence-electron chi connectivity index (χ1n) is 13.6. The number of methoxy groups -OCH3 is 1. The van der Waals surface area contributed by atoms with E-state index in [0.717, 1.165) is 5.56 Å². The number of esters is 3. The Morgan fingerprint density at radius 2 is 1.91 bits per heavy atom. The topological polar surface area (TPSA) is 181 Å². The van der Waals surface area contributed by atoms with Crippen molar-refractivity contribution in [1.82, 2.24) is 25.3 Å². The van der Waals surface area contributed by atoms with Gasteiger partial charge in [-0.25, -0.2) is 9.78 Å². The number of aromatic hydroxyl groups is 1. The highest BCUT2D eigenvalue weighted by Crippen LogP contribution is 2.28. The van der Waals surface area contributed by atoms with Crippen molar-refractivity contribution >= 4 is 23.8 Å². The first kappa shape index (κ1) is 30.9. The monoisotopic (exact) mass is 595 g/mol. The smallest absolute Gasteiger partial charge is 0.332 e. The van der Waals surface area contributed by atoms with Crippen molar-refractivity contribution in [3.05, 3.63) is 54.5 Å². The van der Waals surface area contributed by atoms with Crippen molar-refractivity contribution in [2.75, 3.05) is 13.7 Å². The molecule has 0 bridgehead atoms. The number of amides is 1. The molecule has 4 unspecified atom stereocenters. The summed E-state index contributed by atoms with van der Waals surface area (Å²) in [5, 5.41) is 21.0. The van der Waals surface area contributed by atoms with Crippen LogP contribution in [0.25, 0.3) is 11.3 Å². The molecular weight excluding hydrogens is 562 g/mol. The number of carbonyl (C=O) groups is 4. The Morgan fingerprint density at radius 3 is 2.60 bits per heavy atom. The molecule has 4 rings (SSSR count). The molecule has 1 amide bonds. The molecular formula is C29H33N5O9. The van der Waals surface area contributed by atoms with Crippen molar-refractivity contribution in [1.29, 1.82) is 0 Å². The Kier molecular flexibility index (Phi) is 9.91. The summed E-state index contributed by atoms with van der Waals surface area (Å²) in [6, 6.07) is 9.33. The SMILES string of the molecule is COc1ccnc(C(=O)NC2COC(=O)C(CCn3cc(-c4ccccc4)nn3)C(OC(=O)C(C)C)C(C)OC2=O)c1O. The zero-order valence-electron chi connectivity index (χ0n) is 24.1. The minimum atomic E-state index is -1.45. The van der Waals surface area contributed by atoms with E-state index in [2.05, 4.69) is 20.6 Å². The zero-order valence-corrected chi connectivity index (χ0v) is 24.1. The number of benzene rings is 1. The van der Waals surface area contributed by atoms with Crippen LogP contribution in [0.5, 0.6) is 11.5 Å². The summed E-state index contributed by atoms with van der Waals surface area (Å²) < 4.78 is 23.3. The van der Waals surface area contributed by atoms with Crippen LogP contribution in [0.1, 0.15) is 37.7 Å². The maximum absolute atomic E-state index is 13.4. The summed E-state index contributed by atoms with van der Waals surface area (Å²) in [5.74, 6) is -5.34. The second kappa shape index (κ2) is 13.8. The second-order valence-electron chi connectivity index (χ2n) is 10.2. The van der Waals surface area contributed by atoms with Crippen LogP contribution in [0.15, 0.2) is 48.8 Å². The predicted octanol–water partition coefficient (Wildman–Crippen LogP) is 1.92. The molecule has 3 aromatic rings. The van der Waals surface area contributed by atoms with Crippen LogP contribution in [0, 0.1) is 11.8 Å². The quantitative estimate of drug-likeness (QED) is 0.271. The summed E-state index contributed by atoms with van der Waals surface area (Å²) in [7, 11) is 1.30. The van der Waals surface area contributed by atoms with Gasteiger partial charge >= 0.3 is 17.9 Å². The molecule has 228 valence electrons. The lowest BCUT2D eigenvalue weighted by Gasteiger charge is -2.29. The largest absolute Gasteiger partial charge is 0.503 e. The fourth-order valence-electron chi connectivity index (χ4n) is 4.38. The van der Waals surface area contributed by atoms with Crippen LogP contribution >= 0.6 is 0 Å². The van der Waals surface area contributed by atoms with Gasteiger partial charge < -0.3 is 29.4 Å². The van der Waals surface area contributed by atoms with Crippen LogP contribution in [0.4, 0.5) is 0 Å². The molecule has 1 aliphatic heterocycles. The molecule has 0 spiro atoms. The van der Waals surface area contributed by atoms with Gasteiger partial charge in [0.1, 0.15) is 18.4 Å². The maximum atomic E-state index is 13.4. The lowest BCUT2D eigenvalue weighted by Crippen LogP contribution is -2.46. The third-order valence-corrected chi connectivity index (χ3v) is 6.77. The Bertz CT molecular complexity index is 1460. The molecule has 0 radical (unpaired) electrons. The van der Waals surface area contributed by atoms with E-state index in [-0.39, 0.29) is 18.7 Å². The standard InChI is InChI=1S/C29H33N5O9/c1-16(2)27(37)43-25-17(3)42-29(39)21(31-26(36)23-24(35)22(40-4)10-12-30-23)15-41-28(38)19(25)11-13-34-14-20(32-33-34)18-8-6-5-7-9-18/h5-10,12,14,16-17,19,21,25,35H,11,13,15H2,1-4H3,(H,31,36). The average Bonchev–Trinajstić information content (AvgIpc) is 3.48. The van der Waals surface area contributed by atoms with Gasteiger partial charge in [-0.2, -0.15) is 0 Å². The van der Waals surface area contributed by atoms with E-state index in [1.54, 1.807) is 24.7 Å². The minimum Gasteiger partial charge on any atom is -0.503 e. The second-order valence-corrected chi connectivity index (χ2v) is 10.2. The molecule has 2 N–H and O–H groups in total. The molecule has 0 aliphatic carbocycles. The number of aromatic nitrogens is 4. The van der Waals surface area contributed by atoms with E-state index < -0.39 is 72.0 Å². The molecule has 2 aromatic heterocycles. The zero-order chi connectivity index (χ0) is 31.1. The average molecular weight is 596 g/mol. The fraction of sp³-hybridized carbons (Fsp3) is 0.414. The van der Waals surface area contributed by atoms with Gasteiger partial charge in [-0.15, -0.1) is 5.10 Å². The molecule has 1 aliphatic rings. The maximum Gasteiger partial charge on any atom is 0.332 e. The van der Waals surface area contributed by atoms with Gasteiger partial charge in [0.25, 0.3) is 5.91 Å². The van der Waals surface area contributed by atoms with E-state index in [9.17, 15) is 24.3 Å². The Hall–Kier alpha value is -5.01. The highest BCUT2D eigenvalue weighted by molar-refractivity contribution is 5.98. The van der Waals surface area contributed by atoms with Crippen LogP contribution in [-0.4, -0.2) is 80.9 Å². The Morgan fingerprint density at radius 1 is 1.16 bits per heavy atom.